The van der Waals surface area contributed by atoms with Crippen molar-refractivity contribution in [2.45, 2.75) is 76.7 Å². The first kappa shape index (κ1) is 30.8. The Balaban J connectivity index is 1.36. The number of ether oxygens (including phenoxy) is 3. The number of hydrogen-bond acceptors (Lipinski definition) is 10. The monoisotopic (exact) mass is 638 g/mol. The number of benzene rings is 3. The Morgan fingerprint density at radius 1 is 1.06 bits per heavy atom. The minimum absolute atomic E-state index is 0.0126. The molecule has 0 saturated carbocycles. The number of carbonyl (C=O) groups excluding carboxylic acids is 2. The fourth-order valence-electron chi connectivity index (χ4n) is 8.26. The molecular weight excluding hydrogens is 600 g/mol. The Morgan fingerprint density at radius 3 is 2.53 bits per heavy atom. The SMILES string of the molecule is CC(=O)Oc1c(C)c2c(c3c1C[C@H]1C4c5c(cc(C)c(O)c5O)CC([C@H](C#N)N1[C@H]3CNC(=O)CCc1ccccc1)N4C)OCO2. The number of phenols is 2. The summed E-state index contributed by atoms with van der Waals surface area (Å²) >= 11 is 0. The van der Waals surface area contributed by atoms with Gasteiger partial charge >= 0.3 is 5.97 Å². The first-order chi connectivity index (χ1) is 22.6. The summed E-state index contributed by atoms with van der Waals surface area (Å²) in [5, 5.41) is 36.2. The third-order valence-electron chi connectivity index (χ3n) is 10.3. The molecule has 47 heavy (non-hydrogen) atoms. The Morgan fingerprint density at radius 2 is 1.81 bits per heavy atom. The number of nitrogens with zero attached hydrogens (tertiary/aromatic N) is 3. The first-order valence-electron chi connectivity index (χ1n) is 16.0. The number of hydrogen-bond donors (Lipinski definition) is 3. The summed E-state index contributed by atoms with van der Waals surface area (Å²) in [5.74, 6) is 0.427. The van der Waals surface area contributed by atoms with E-state index in [4.69, 9.17) is 14.2 Å². The molecule has 2 bridgehead atoms. The van der Waals surface area contributed by atoms with Gasteiger partial charge in [-0.2, -0.15) is 5.26 Å². The third-order valence-corrected chi connectivity index (χ3v) is 10.3. The normalized spacial score (nSPS) is 24.0. The lowest BCUT2D eigenvalue weighted by Crippen LogP contribution is -2.68. The number of amides is 1. The predicted octanol–water partition coefficient (Wildman–Crippen LogP) is 3.89. The third kappa shape index (κ3) is 4.94. The molecule has 0 radical (unpaired) electrons. The summed E-state index contributed by atoms with van der Waals surface area (Å²) in [6, 6.07) is 12.1. The first-order valence-corrected chi connectivity index (χ1v) is 16.0. The molecule has 1 amide bonds. The van der Waals surface area contributed by atoms with Gasteiger partial charge in [0, 0.05) is 54.2 Å². The van der Waals surface area contributed by atoms with Gasteiger partial charge in [-0.3, -0.25) is 19.4 Å². The second-order valence-electron chi connectivity index (χ2n) is 12.9. The maximum atomic E-state index is 13.3. The molecule has 1 fully saturated rings. The maximum Gasteiger partial charge on any atom is 0.308 e. The lowest BCUT2D eigenvalue weighted by molar-refractivity contribution is -0.132. The molecule has 0 aromatic heterocycles. The second kappa shape index (κ2) is 11.8. The average Bonchev–Trinajstić information content (AvgIpc) is 3.54. The number of fused-ring (bicyclic) bond motifs is 9. The summed E-state index contributed by atoms with van der Waals surface area (Å²) in [5.41, 5.74) is 5.23. The highest BCUT2D eigenvalue weighted by Gasteiger charge is 2.56. The Kier molecular flexibility index (Phi) is 7.73. The van der Waals surface area contributed by atoms with E-state index in [-0.39, 0.29) is 43.2 Å². The average molecular weight is 639 g/mol. The van der Waals surface area contributed by atoms with Gasteiger partial charge in [-0.05, 0) is 56.8 Å². The molecule has 7 rings (SSSR count). The molecular formula is C36H38N4O7. The minimum atomic E-state index is -0.596. The number of aromatic hydroxyl groups is 2. The van der Waals surface area contributed by atoms with Crippen LogP contribution in [0.15, 0.2) is 36.4 Å². The number of aryl methyl sites for hydroxylation is 2. The second-order valence-corrected chi connectivity index (χ2v) is 12.9. The van der Waals surface area contributed by atoms with Crippen LogP contribution in [0.3, 0.4) is 0 Å². The molecule has 3 aromatic carbocycles. The zero-order valence-corrected chi connectivity index (χ0v) is 26.9. The van der Waals surface area contributed by atoms with E-state index in [9.17, 15) is 25.1 Å². The van der Waals surface area contributed by atoms with Gasteiger partial charge in [-0.25, -0.2) is 0 Å². The van der Waals surface area contributed by atoms with Gasteiger partial charge in [0.25, 0.3) is 0 Å². The van der Waals surface area contributed by atoms with E-state index in [2.05, 4.69) is 21.2 Å². The van der Waals surface area contributed by atoms with Crippen LogP contribution in [0.5, 0.6) is 28.7 Å². The molecule has 1 saturated heterocycles. The number of nitrogens with one attached hydrogen (secondary N) is 1. The molecule has 3 N–H and O–H groups in total. The quantitative estimate of drug-likeness (QED) is 0.207. The van der Waals surface area contributed by atoms with Crippen molar-refractivity contribution >= 4 is 11.9 Å². The zero-order chi connectivity index (χ0) is 33.1. The Hall–Kier alpha value is -4.79. The van der Waals surface area contributed by atoms with Gasteiger partial charge in [0.15, 0.2) is 23.0 Å². The van der Waals surface area contributed by atoms with Crippen molar-refractivity contribution < 1.29 is 34.0 Å². The molecule has 11 heteroatoms. The summed E-state index contributed by atoms with van der Waals surface area (Å²) in [7, 11) is 1.95. The van der Waals surface area contributed by atoms with E-state index in [1.807, 2.05) is 50.4 Å². The molecule has 0 aliphatic carbocycles. The van der Waals surface area contributed by atoms with Crippen molar-refractivity contribution in [3.63, 3.8) is 0 Å². The summed E-state index contributed by atoms with van der Waals surface area (Å²) in [4.78, 5) is 30.0. The van der Waals surface area contributed by atoms with Crippen LogP contribution in [0.2, 0.25) is 0 Å². The molecule has 4 aliphatic rings. The van der Waals surface area contributed by atoms with Gasteiger partial charge in [0.1, 0.15) is 11.8 Å². The molecule has 5 atom stereocenters. The van der Waals surface area contributed by atoms with Crippen LogP contribution >= 0.6 is 0 Å². The number of phenolic OH excluding ortho intramolecular Hbond substituents is 2. The van der Waals surface area contributed by atoms with Crippen LogP contribution in [0, 0.1) is 25.2 Å². The largest absolute Gasteiger partial charge is 0.504 e. The van der Waals surface area contributed by atoms with Gasteiger partial charge in [-0.1, -0.05) is 36.4 Å². The number of rotatable bonds is 6. The molecule has 244 valence electrons. The Labute approximate surface area is 273 Å². The number of carbonyl (C=O) groups is 2. The van der Waals surface area contributed by atoms with E-state index < -0.39 is 30.1 Å². The molecule has 3 aromatic rings. The molecule has 2 unspecified atom stereocenters. The van der Waals surface area contributed by atoms with E-state index in [1.54, 1.807) is 6.92 Å². The number of nitriles is 1. The van der Waals surface area contributed by atoms with E-state index in [0.717, 1.165) is 22.3 Å². The van der Waals surface area contributed by atoms with Crippen LogP contribution in [0.25, 0.3) is 0 Å². The topological polar surface area (TPSA) is 145 Å². The fraction of sp³-hybridized carbons (Fsp3) is 0.417. The fourth-order valence-corrected chi connectivity index (χ4v) is 8.26. The van der Waals surface area contributed by atoms with Crippen LogP contribution in [-0.2, 0) is 28.9 Å². The maximum absolute atomic E-state index is 13.3. The summed E-state index contributed by atoms with van der Waals surface area (Å²) < 4.78 is 17.8. The van der Waals surface area contributed by atoms with Gasteiger partial charge in [0.05, 0.1) is 18.2 Å². The number of esters is 1. The van der Waals surface area contributed by atoms with Crippen molar-refractivity contribution in [2.24, 2.45) is 0 Å². The summed E-state index contributed by atoms with van der Waals surface area (Å²) in [6.45, 7) is 5.07. The standard InChI is InChI=1S/C36H38N4O7/c1-18-12-22-13-24-26(15-37)40-25(31(39(24)4)29(22)33(44)32(18)43)14-23-30(36-35(45-17-46-36)19(2)34(23)47-20(3)41)27(40)16-38-28(42)11-10-21-8-6-5-7-9-21/h5-9,12,24-27,31,43-44H,10-11,13-14,16-17H2,1-4H3,(H,38,42)/t24?,25-,26-,27-,31?/m0/s1. The molecule has 11 nitrogen and oxygen atoms in total. The van der Waals surface area contributed by atoms with E-state index in [0.29, 0.717) is 53.2 Å². The summed E-state index contributed by atoms with van der Waals surface area (Å²) in [6.07, 6.45) is 1.71. The van der Waals surface area contributed by atoms with E-state index >= 15 is 0 Å². The predicted molar refractivity (Wildman–Crippen MR) is 170 cm³/mol. The van der Waals surface area contributed by atoms with Crippen molar-refractivity contribution in [3.05, 3.63) is 75.3 Å². The highest BCUT2D eigenvalue weighted by atomic mass is 16.7. The smallest absolute Gasteiger partial charge is 0.308 e. The molecule has 4 heterocycles. The minimum Gasteiger partial charge on any atom is -0.504 e. The lowest BCUT2D eigenvalue weighted by Gasteiger charge is -2.60. The molecule has 0 spiro atoms. The zero-order valence-electron chi connectivity index (χ0n) is 26.9. The van der Waals surface area contributed by atoms with Crippen molar-refractivity contribution in [1.82, 2.24) is 15.1 Å². The van der Waals surface area contributed by atoms with Crippen molar-refractivity contribution in [2.75, 3.05) is 20.4 Å². The van der Waals surface area contributed by atoms with Crippen LogP contribution in [0.1, 0.15) is 64.4 Å². The van der Waals surface area contributed by atoms with Crippen LogP contribution < -0.4 is 19.5 Å². The Bertz CT molecular complexity index is 1820. The van der Waals surface area contributed by atoms with Crippen LogP contribution in [-0.4, -0.2) is 70.4 Å². The number of likely N-dealkylation sites (N-methyl/N-ethyl adjacent to an activating group) is 1. The highest BCUT2D eigenvalue weighted by Crippen LogP contribution is 2.58. The van der Waals surface area contributed by atoms with E-state index in [1.165, 1.54) is 6.92 Å². The van der Waals surface area contributed by atoms with Crippen LogP contribution in [0.4, 0.5) is 0 Å². The highest BCUT2D eigenvalue weighted by molar-refractivity contribution is 5.77. The van der Waals surface area contributed by atoms with Gasteiger partial charge < -0.3 is 29.7 Å². The van der Waals surface area contributed by atoms with Crippen molar-refractivity contribution in [1.29, 1.82) is 5.26 Å². The van der Waals surface area contributed by atoms with Gasteiger partial charge in [0.2, 0.25) is 12.7 Å². The molecule has 4 aliphatic heterocycles. The number of piperazine rings is 1. The van der Waals surface area contributed by atoms with Crippen molar-refractivity contribution in [3.8, 4) is 34.8 Å². The van der Waals surface area contributed by atoms with Gasteiger partial charge in [-0.15, -0.1) is 0 Å². The lowest BCUT2D eigenvalue weighted by atomic mass is 9.71.